The summed E-state index contributed by atoms with van der Waals surface area (Å²) >= 11 is 0. The first-order valence-corrected chi connectivity index (χ1v) is 5.38. The van der Waals surface area contributed by atoms with Gasteiger partial charge < -0.3 is 10.0 Å². The quantitative estimate of drug-likeness (QED) is 0.665. The van der Waals surface area contributed by atoms with E-state index in [-0.39, 0.29) is 5.69 Å². The predicted molar refractivity (Wildman–Crippen MR) is 63.7 cm³/mol. The molecule has 20 heavy (non-hydrogen) atoms. The summed E-state index contributed by atoms with van der Waals surface area (Å²) in [7, 11) is 0. The first-order valence-electron chi connectivity index (χ1n) is 5.38. The van der Waals surface area contributed by atoms with Crippen molar-refractivity contribution < 1.29 is 28.0 Å². The van der Waals surface area contributed by atoms with Crippen LogP contribution in [0.25, 0.3) is 0 Å². The Bertz CT molecular complexity index is 531. The topological polar surface area (TPSA) is 83.7 Å². The molecule has 0 aromatic heterocycles. The van der Waals surface area contributed by atoms with Crippen LogP contribution in [0.2, 0.25) is 0 Å². The molecule has 0 spiro atoms. The zero-order chi connectivity index (χ0) is 15.5. The molecular formula is C11H11F3N2O4. The molecule has 0 amide bonds. The van der Waals surface area contributed by atoms with E-state index in [2.05, 4.69) is 0 Å². The second kappa shape index (κ2) is 5.76. The van der Waals surface area contributed by atoms with Crippen LogP contribution in [-0.2, 0) is 4.79 Å². The molecule has 110 valence electrons. The van der Waals surface area contributed by atoms with Gasteiger partial charge in [0.25, 0.3) is 5.69 Å². The highest BCUT2D eigenvalue weighted by atomic mass is 19.4. The summed E-state index contributed by atoms with van der Waals surface area (Å²) in [5.74, 6) is -1.46. The molecular weight excluding hydrogens is 281 g/mol. The van der Waals surface area contributed by atoms with Crippen molar-refractivity contribution in [1.82, 2.24) is 0 Å². The largest absolute Gasteiger partial charge is 0.480 e. The fourth-order valence-corrected chi connectivity index (χ4v) is 1.65. The van der Waals surface area contributed by atoms with Crippen molar-refractivity contribution in [3.05, 3.63) is 33.9 Å². The summed E-state index contributed by atoms with van der Waals surface area (Å²) in [5.41, 5.74) is -0.180. The number of carboxylic acid groups (broad SMARTS) is 1. The molecule has 1 aromatic rings. The summed E-state index contributed by atoms with van der Waals surface area (Å²) in [6, 6.07) is 3.37. The molecule has 0 aliphatic carbocycles. The van der Waals surface area contributed by atoms with Gasteiger partial charge in [-0.25, -0.2) is 0 Å². The number of benzene rings is 1. The van der Waals surface area contributed by atoms with Crippen LogP contribution in [0.1, 0.15) is 5.56 Å². The Morgan fingerprint density at radius 2 is 2.00 bits per heavy atom. The van der Waals surface area contributed by atoms with Crippen LogP contribution >= 0.6 is 0 Å². The second-order valence-electron chi connectivity index (χ2n) is 4.15. The molecule has 0 radical (unpaired) electrons. The van der Waals surface area contributed by atoms with Gasteiger partial charge in [-0.3, -0.25) is 14.9 Å². The van der Waals surface area contributed by atoms with Crippen molar-refractivity contribution >= 4 is 17.3 Å². The highest BCUT2D eigenvalue weighted by molar-refractivity contribution is 5.74. The lowest BCUT2D eigenvalue weighted by atomic mass is 10.1. The van der Waals surface area contributed by atoms with Gasteiger partial charge in [-0.2, -0.15) is 13.2 Å². The van der Waals surface area contributed by atoms with Gasteiger partial charge >= 0.3 is 12.1 Å². The Morgan fingerprint density at radius 3 is 2.45 bits per heavy atom. The number of aryl methyl sites for hydroxylation is 1. The normalized spacial score (nSPS) is 11.2. The van der Waals surface area contributed by atoms with Gasteiger partial charge in [0.05, 0.1) is 4.92 Å². The van der Waals surface area contributed by atoms with Crippen molar-refractivity contribution in [2.45, 2.75) is 13.1 Å². The third-order valence-corrected chi connectivity index (χ3v) is 2.32. The number of aliphatic carboxylic acids is 1. The fourth-order valence-electron chi connectivity index (χ4n) is 1.65. The van der Waals surface area contributed by atoms with Gasteiger partial charge in [-0.15, -0.1) is 0 Å². The summed E-state index contributed by atoms with van der Waals surface area (Å²) in [4.78, 5) is 21.1. The predicted octanol–water partition coefficient (Wildman–Crippen LogP) is 2.36. The van der Waals surface area contributed by atoms with E-state index in [0.717, 1.165) is 6.07 Å². The van der Waals surface area contributed by atoms with Gasteiger partial charge in [0, 0.05) is 17.8 Å². The van der Waals surface area contributed by atoms with E-state index in [1.807, 2.05) is 0 Å². The first-order chi connectivity index (χ1) is 9.08. The minimum atomic E-state index is -4.62. The summed E-state index contributed by atoms with van der Waals surface area (Å²) < 4.78 is 37.3. The number of nitro groups is 1. The molecule has 1 N–H and O–H groups in total. The molecule has 6 nitrogen and oxygen atoms in total. The summed E-state index contributed by atoms with van der Waals surface area (Å²) in [6.45, 7) is -0.928. The number of nitro benzene ring substituents is 1. The highest BCUT2D eigenvalue weighted by Gasteiger charge is 2.32. The number of rotatable bonds is 5. The van der Waals surface area contributed by atoms with Crippen LogP contribution in [0.5, 0.6) is 0 Å². The molecule has 0 aliphatic heterocycles. The minimum absolute atomic E-state index is 0.156. The lowest BCUT2D eigenvalue weighted by molar-refractivity contribution is -0.384. The number of hydrogen-bond donors (Lipinski definition) is 1. The van der Waals surface area contributed by atoms with E-state index < -0.39 is 35.8 Å². The molecule has 0 atom stereocenters. The molecule has 9 heteroatoms. The average Bonchev–Trinajstić information content (AvgIpc) is 2.24. The molecule has 0 heterocycles. The third kappa shape index (κ3) is 4.75. The van der Waals surface area contributed by atoms with E-state index in [0.29, 0.717) is 10.5 Å². The van der Waals surface area contributed by atoms with Gasteiger partial charge in [0.1, 0.15) is 13.1 Å². The zero-order valence-corrected chi connectivity index (χ0v) is 10.3. The number of carbonyl (C=O) groups is 1. The smallest absolute Gasteiger partial charge is 0.405 e. The van der Waals surface area contributed by atoms with E-state index in [9.17, 15) is 28.1 Å². The van der Waals surface area contributed by atoms with Gasteiger partial charge in [-0.1, -0.05) is 0 Å². The summed E-state index contributed by atoms with van der Waals surface area (Å²) in [5, 5.41) is 19.3. The number of carboxylic acids is 1. The Labute approximate surface area is 111 Å². The van der Waals surface area contributed by atoms with E-state index in [4.69, 9.17) is 5.11 Å². The van der Waals surface area contributed by atoms with E-state index in [1.54, 1.807) is 0 Å². The molecule has 1 rings (SSSR count). The molecule has 0 unspecified atom stereocenters. The van der Waals surface area contributed by atoms with Crippen molar-refractivity contribution in [2.24, 2.45) is 0 Å². The Hall–Kier alpha value is -2.32. The van der Waals surface area contributed by atoms with Crippen molar-refractivity contribution in [3.63, 3.8) is 0 Å². The number of non-ortho nitro benzene ring substituents is 1. The van der Waals surface area contributed by atoms with Crippen LogP contribution in [0, 0.1) is 17.0 Å². The molecule has 0 aliphatic rings. The molecule has 0 fully saturated rings. The Kier molecular flexibility index (Phi) is 4.53. The number of hydrogen-bond acceptors (Lipinski definition) is 4. The fraction of sp³-hybridized carbons (Fsp3) is 0.364. The standard InChI is InChI=1S/C11H11F3N2O4/c1-7-2-8(4-9(3-7)16(19)20)15(5-10(17)18)6-11(12,13)14/h2-4H,5-6H2,1H3,(H,17,18). The number of halogens is 3. The van der Waals surface area contributed by atoms with Crippen LogP contribution in [-0.4, -0.2) is 35.3 Å². The molecule has 0 bridgehead atoms. The van der Waals surface area contributed by atoms with Crippen LogP contribution < -0.4 is 4.90 Å². The van der Waals surface area contributed by atoms with Crippen LogP contribution in [0.3, 0.4) is 0 Å². The third-order valence-electron chi connectivity index (χ3n) is 2.32. The second-order valence-corrected chi connectivity index (χ2v) is 4.15. The molecule has 0 saturated heterocycles. The van der Waals surface area contributed by atoms with Crippen molar-refractivity contribution in [2.75, 3.05) is 18.0 Å². The maximum absolute atomic E-state index is 12.4. The first kappa shape index (κ1) is 15.7. The monoisotopic (exact) mass is 292 g/mol. The van der Waals surface area contributed by atoms with Crippen LogP contribution in [0.4, 0.5) is 24.5 Å². The lowest BCUT2D eigenvalue weighted by Crippen LogP contribution is -2.38. The van der Waals surface area contributed by atoms with Crippen molar-refractivity contribution in [3.8, 4) is 0 Å². The Balaban J connectivity index is 3.18. The summed E-state index contributed by atoms with van der Waals surface area (Å²) in [6.07, 6.45) is -4.62. The molecule has 1 aromatic carbocycles. The van der Waals surface area contributed by atoms with Gasteiger partial charge in [0.2, 0.25) is 0 Å². The lowest BCUT2D eigenvalue weighted by Gasteiger charge is -2.24. The van der Waals surface area contributed by atoms with Gasteiger partial charge in [0.15, 0.2) is 0 Å². The van der Waals surface area contributed by atoms with Crippen molar-refractivity contribution in [1.29, 1.82) is 0 Å². The average molecular weight is 292 g/mol. The van der Waals surface area contributed by atoms with E-state index >= 15 is 0 Å². The van der Waals surface area contributed by atoms with E-state index in [1.165, 1.54) is 19.1 Å². The maximum atomic E-state index is 12.4. The number of nitrogens with zero attached hydrogens (tertiary/aromatic N) is 2. The van der Waals surface area contributed by atoms with Crippen LogP contribution in [0.15, 0.2) is 18.2 Å². The SMILES string of the molecule is Cc1cc(N(CC(=O)O)CC(F)(F)F)cc([N+](=O)[O-])c1. The molecule has 0 saturated carbocycles. The van der Waals surface area contributed by atoms with Gasteiger partial charge in [-0.05, 0) is 18.6 Å². The zero-order valence-electron chi connectivity index (χ0n) is 10.3. The Morgan fingerprint density at radius 1 is 1.40 bits per heavy atom. The minimum Gasteiger partial charge on any atom is -0.480 e. The number of alkyl halides is 3. The number of anilines is 1. The maximum Gasteiger partial charge on any atom is 0.405 e. The highest BCUT2D eigenvalue weighted by Crippen LogP contribution is 2.26.